The molecule has 0 unspecified atom stereocenters. The van der Waals surface area contributed by atoms with Gasteiger partial charge in [0.1, 0.15) is 23.3 Å². The molecule has 0 radical (unpaired) electrons. The van der Waals surface area contributed by atoms with Gasteiger partial charge in [0.05, 0.1) is 27.6 Å². The van der Waals surface area contributed by atoms with Gasteiger partial charge in [0.15, 0.2) is 9.84 Å². The van der Waals surface area contributed by atoms with Crippen LogP contribution in [0, 0.1) is 23.0 Å². The molecule has 202 valence electrons. The first kappa shape index (κ1) is 28.2. The maximum Gasteiger partial charge on any atom is 0.417 e. The summed E-state index contributed by atoms with van der Waals surface area (Å²) in [5, 5.41) is 9.37. The number of thiophene rings is 1. The minimum Gasteiger partial charge on any atom is -0.302 e. The van der Waals surface area contributed by atoms with Crippen LogP contribution in [0.1, 0.15) is 29.2 Å². The van der Waals surface area contributed by atoms with E-state index >= 15 is 0 Å². The van der Waals surface area contributed by atoms with Crippen molar-refractivity contribution in [2.75, 3.05) is 6.26 Å². The van der Waals surface area contributed by atoms with Crippen molar-refractivity contribution in [3.63, 3.8) is 0 Å². The smallest absolute Gasteiger partial charge is 0.302 e. The second-order valence-electron chi connectivity index (χ2n) is 8.71. The lowest BCUT2D eigenvalue weighted by Gasteiger charge is -2.17. The quantitative estimate of drug-likeness (QED) is 0.247. The Morgan fingerprint density at radius 1 is 1.00 bits per heavy atom. The minimum atomic E-state index is -5.03. The first-order valence-electron chi connectivity index (χ1n) is 11.4. The zero-order valence-electron chi connectivity index (χ0n) is 20.4. The van der Waals surface area contributed by atoms with Crippen LogP contribution in [0.3, 0.4) is 0 Å². The molecule has 2 heterocycles. The van der Waals surface area contributed by atoms with Crippen LogP contribution in [0.2, 0.25) is 0 Å². The Bertz CT molecular complexity index is 1800. The molecule has 0 bridgehead atoms. The summed E-state index contributed by atoms with van der Waals surface area (Å²) in [6.07, 6.45) is -3.44. The first-order chi connectivity index (χ1) is 18.2. The van der Waals surface area contributed by atoms with Gasteiger partial charge in [0.2, 0.25) is 0 Å². The van der Waals surface area contributed by atoms with Crippen molar-refractivity contribution in [2.45, 2.75) is 31.0 Å². The van der Waals surface area contributed by atoms with Gasteiger partial charge in [-0.25, -0.2) is 17.2 Å². The topological polar surface area (TPSA) is 79.9 Å². The summed E-state index contributed by atoms with van der Waals surface area (Å²) >= 11 is 0.992. The summed E-state index contributed by atoms with van der Waals surface area (Å²) in [5.74, 6) is -1.89. The Morgan fingerprint density at radius 3 is 2.28 bits per heavy atom. The molecule has 0 N–H and O–H groups in total. The molecular formula is C27H19F5N2O3S2. The van der Waals surface area contributed by atoms with Crippen LogP contribution in [0.25, 0.3) is 21.0 Å². The van der Waals surface area contributed by atoms with E-state index in [0.29, 0.717) is 29.0 Å². The lowest BCUT2D eigenvalue weighted by molar-refractivity contribution is -0.137. The Balaban J connectivity index is 1.95. The number of hydrogen-bond donors (Lipinski definition) is 0. The SMILES string of the molecule is CCc1cc(-c2ccc(-c3cc(C(F)(F)F)c(C#N)c(=O)n3Cc3ccc(F)cc3F)s2)cc(S(C)(=O)=O)c1. The van der Waals surface area contributed by atoms with Gasteiger partial charge in [-0.1, -0.05) is 19.1 Å². The molecule has 39 heavy (non-hydrogen) atoms. The standard InChI is InChI=1S/C27H19F5N2O3S2/c1-3-15-8-17(10-19(9-15)39(2,36)37)24-6-7-25(38-24)23-12-21(27(30,31)32)20(13-33)26(35)34(23)14-16-4-5-18(28)11-22(16)29/h4-12H,3,14H2,1-2H3. The molecule has 0 saturated carbocycles. The third kappa shape index (κ3) is 5.79. The number of halogens is 5. The van der Waals surface area contributed by atoms with Crippen LogP contribution < -0.4 is 5.56 Å². The summed E-state index contributed by atoms with van der Waals surface area (Å²) in [7, 11) is -3.55. The molecule has 0 aliphatic rings. The van der Waals surface area contributed by atoms with Gasteiger partial charge in [0, 0.05) is 22.8 Å². The number of rotatable bonds is 6. The molecular weight excluding hydrogens is 559 g/mol. The Hall–Kier alpha value is -3.82. The largest absolute Gasteiger partial charge is 0.417 e. The van der Waals surface area contributed by atoms with Crippen molar-refractivity contribution in [1.29, 1.82) is 5.26 Å². The zero-order valence-corrected chi connectivity index (χ0v) is 22.1. The number of aryl methyl sites for hydroxylation is 1. The number of hydrogen-bond acceptors (Lipinski definition) is 5. The van der Waals surface area contributed by atoms with Crippen LogP contribution in [0.15, 0.2) is 64.3 Å². The van der Waals surface area contributed by atoms with Crippen LogP contribution in [-0.4, -0.2) is 19.2 Å². The highest BCUT2D eigenvalue weighted by Gasteiger charge is 2.37. The fourth-order valence-corrected chi connectivity index (χ4v) is 5.74. The lowest BCUT2D eigenvalue weighted by atomic mass is 10.1. The third-order valence-electron chi connectivity index (χ3n) is 6.01. The molecule has 0 aliphatic heterocycles. The van der Waals surface area contributed by atoms with E-state index in [9.17, 15) is 40.4 Å². The van der Waals surface area contributed by atoms with E-state index in [0.717, 1.165) is 39.9 Å². The average Bonchev–Trinajstić information content (AvgIpc) is 3.35. The van der Waals surface area contributed by atoms with Crippen molar-refractivity contribution in [3.8, 4) is 27.1 Å². The zero-order chi connectivity index (χ0) is 28.7. The Kier molecular flexibility index (Phi) is 7.51. The van der Waals surface area contributed by atoms with Gasteiger partial charge in [-0.3, -0.25) is 4.79 Å². The van der Waals surface area contributed by atoms with E-state index in [1.165, 1.54) is 18.2 Å². The fraction of sp³-hybridized carbons (Fsp3) is 0.185. The molecule has 5 nitrogen and oxygen atoms in total. The number of sulfone groups is 1. The number of pyridine rings is 1. The highest BCUT2D eigenvalue weighted by Crippen LogP contribution is 2.39. The molecule has 0 saturated heterocycles. The summed E-state index contributed by atoms with van der Waals surface area (Å²) < 4.78 is 94.6. The molecule has 0 aliphatic carbocycles. The summed E-state index contributed by atoms with van der Waals surface area (Å²) in [4.78, 5) is 13.9. The van der Waals surface area contributed by atoms with Crippen molar-refractivity contribution in [2.24, 2.45) is 0 Å². The summed E-state index contributed by atoms with van der Waals surface area (Å²) in [5.41, 5.74) is -3.05. The lowest BCUT2D eigenvalue weighted by Crippen LogP contribution is -2.28. The van der Waals surface area contributed by atoms with E-state index < -0.39 is 50.9 Å². The van der Waals surface area contributed by atoms with Crippen molar-refractivity contribution >= 4 is 21.2 Å². The number of benzene rings is 2. The van der Waals surface area contributed by atoms with E-state index in [-0.39, 0.29) is 21.0 Å². The van der Waals surface area contributed by atoms with Gasteiger partial charge >= 0.3 is 6.18 Å². The number of aromatic nitrogens is 1. The van der Waals surface area contributed by atoms with E-state index in [1.807, 2.05) is 6.92 Å². The number of nitrogens with zero attached hydrogens (tertiary/aromatic N) is 2. The van der Waals surface area contributed by atoms with Crippen molar-refractivity contribution in [1.82, 2.24) is 4.57 Å². The third-order valence-corrected chi connectivity index (χ3v) is 8.26. The van der Waals surface area contributed by atoms with Crippen LogP contribution in [0.4, 0.5) is 22.0 Å². The van der Waals surface area contributed by atoms with Gasteiger partial charge in [-0.05, 0) is 53.9 Å². The van der Waals surface area contributed by atoms with Gasteiger partial charge in [-0.15, -0.1) is 11.3 Å². The van der Waals surface area contributed by atoms with E-state index in [2.05, 4.69) is 0 Å². The highest BCUT2D eigenvalue weighted by atomic mass is 32.2. The van der Waals surface area contributed by atoms with Crippen LogP contribution in [0.5, 0.6) is 0 Å². The van der Waals surface area contributed by atoms with Gasteiger partial charge in [0.25, 0.3) is 5.56 Å². The molecule has 0 spiro atoms. The Morgan fingerprint density at radius 2 is 1.69 bits per heavy atom. The minimum absolute atomic E-state index is 0.0771. The van der Waals surface area contributed by atoms with Crippen LogP contribution >= 0.6 is 11.3 Å². The number of alkyl halides is 3. The van der Waals surface area contributed by atoms with E-state index in [1.54, 1.807) is 18.2 Å². The predicted molar refractivity (Wildman–Crippen MR) is 137 cm³/mol. The molecule has 12 heteroatoms. The molecule has 0 amide bonds. The summed E-state index contributed by atoms with van der Waals surface area (Å²) in [6, 6.07) is 12.3. The van der Waals surface area contributed by atoms with E-state index in [4.69, 9.17) is 0 Å². The van der Waals surface area contributed by atoms with Gasteiger partial charge in [-0.2, -0.15) is 18.4 Å². The molecule has 2 aromatic carbocycles. The molecule has 2 aromatic heterocycles. The second-order valence-corrected chi connectivity index (χ2v) is 11.8. The average molecular weight is 579 g/mol. The molecule has 4 aromatic rings. The summed E-state index contributed by atoms with van der Waals surface area (Å²) in [6.45, 7) is 1.28. The predicted octanol–water partition coefficient (Wildman–Crippen LogP) is 6.43. The number of nitriles is 1. The van der Waals surface area contributed by atoms with Crippen molar-refractivity contribution < 1.29 is 30.4 Å². The second kappa shape index (κ2) is 10.4. The monoisotopic (exact) mass is 578 g/mol. The Labute approximate surface area is 224 Å². The fourth-order valence-electron chi connectivity index (χ4n) is 4.01. The molecule has 0 atom stereocenters. The molecule has 0 fully saturated rings. The van der Waals surface area contributed by atoms with Crippen molar-refractivity contribution in [3.05, 3.63) is 98.8 Å². The molecule has 4 rings (SSSR count). The van der Waals surface area contributed by atoms with Crippen LogP contribution in [-0.2, 0) is 29.0 Å². The normalized spacial score (nSPS) is 11.9. The maximum absolute atomic E-state index is 14.4. The maximum atomic E-state index is 14.4. The van der Waals surface area contributed by atoms with Gasteiger partial charge < -0.3 is 4.57 Å². The first-order valence-corrected chi connectivity index (χ1v) is 14.1. The highest BCUT2D eigenvalue weighted by molar-refractivity contribution is 7.90.